The van der Waals surface area contributed by atoms with Crippen molar-refractivity contribution in [2.75, 3.05) is 19.8 Å². The number of aliphatic hydroxyl groups excluding tert-OH is 1. The maximum atomic E-state index is 12.0. The first-order valence-corrected chi connectivity index (χ1v) is 6.14. The van der Waals surface area contributed by atoms with Crippen molar-refractivity contribution in [1.82, 2.24) is 4.90 Å². The zero-order valence-electron chi connectivity index (χ0n) is 11.0. The number of ether oxygens (including phenoxy) is 1. The molecule has 1 rings (SSSR count). The van der Waals surface area contributed by atoms with Gasteiger partial charge in [0.2, 0.25) is 5.91 Å². The van der Waals surface area contributed by atoms with Crippen LogP contribution in [0.4, 0.5) is 0 Å². The standard InChI is InChI=1S/C12H24N2O3/c1-9-8-17-10(7-15)6-14(9)11(16)4-5-12(2,3)13/h9-10,15H,4-8,13H2,1-3H3. The average molecular weight is 244 g/mol. The van der Waals surface area contributed by atoms with Crippen LogP contribution in [0.25, 0.3) is 0 Å². The summed E-state index contributed by atoms with van der Waals surface area (Å²) < 4.78 is 5.40. The summed E-state index contributed by atoms with van der Waals surface area (Å²) in [6, 6.07) is 0.0752. The molecule has 1 aliphatic heterocycles. The topological polar surface area (TPSA) is 75.8 Å². The normalized spacial score (nSPS) is 26.1. The van der Waals surface area contributed by atoms with Crippen molar-refractivity contribution in [2.45, 2.75) is 51.3 Å². The lowest BCUT2D eigenvalue weighted by atomic mass is 9.99. The second kappa shape index (κ2) is 5.80. The number of carbonyl (C=O) groups excluding carboxylic acids is 1. The lowest BCUT2D eigenvalue weighted by molar-refractivity contribution is -0.146. The van der Waals surface area contributed by atoms with Crippen molar-refractivity contribution < 1.29 is 14.6 Å². The van der Waals surface area contributed by atoms with E-state index in [4.69, 9.17) is 15.6 Å². The number of morpholine rings is 1. The first kappa shape index (κ1) is 14.4. The fraction of sp³-hybridized carbons (Fsp3) is 0.917. The molecule has 1 aliphatic rings. The van der Waals surface area contributed by atoms with Crippen LogP contribution in [0.2, 0.25) is 0 Å². The number of hydrogen-bond donors (Lipinski definition) is 2. The van der Waals surface area contributed by atoms with Gasteiger partial charge in [-0.15, -0.1) is 0 Å². The van der Waals surface area contributed by atoms with Gasteiger partial charge in [-0.05, 0) is 27.2 Å². The molecule has 0 spiro atoms. The number of amides is 1. The number of hydrogen-bond acceptors (Lipinski definition) is 4. The lowest BCUT2D eigenvalue weighted by Crippen LogP contribution is -2.52. The summed E-state index contributed by atoms with van der Waals surface area (Å²) in [5, 5.41) is 9.05. The highest BCUT2D eigenvalue weighted by Gasteiger charge is 2.29. The van der Waals surface area contributed by atoms with E-state index in [1.54, 1.807) is 4.90 Å². The molecule has 100 valence electrons. The minimum atomic E-state index is -0.318. The van der Waals surface area contributed by atoms with E-state index in [1.807, 2.05) is 20.8 Å². The van der Waals surface area contributed by atoms with Crippen LogP contribution in [0.5, 0.6) is 0 Å². The maximum Gasteiger partial charge on any atom is 0.223 e. The Morgan fingerprint density at radius 2 is 2.24 bits per heavy atom. The van der Waals surface area contributed by atoms with Crippen molar-refractivity contribution in [1.29, 1.82) is 0 Å². The van der Waals surface area contributed by atoms with E-state index in [1.165, 1.54) is 0 Å². The largest absolute Gasteiger partial charge is 0.394 e. The van der Waals surface area contributed by atoms with E-state index >= 15 is 0 Å². The number of carbonyl (C=O) groups is 1. The molecule has 0 aliphatic carbocycles. The van der Waals surface area contributed by atoms with E-state index < -0.39 is 0 Å². The minimum absolute atomic E-state index is 0.0428. The van der Waals surface area contributed by atoms with Crippen LogP contribution < -0.4 is 5.73 Å². The first-order chi connectivity index (χ1) is 7.83. The van der Waals surface area contributed by atoms with Gasteiger partial charge in [0.05, 0.1) is 25.4 Å². The van der Waals surface area contributed by atoms with E-state index in [0.717, 1.165) is 0 Å². The van der Waals surface area contributed by atoms with Gasteiger partial charge in [-0.3, -0.25) is 4.79 Å². The third-order valence-electron chi connectivity index (χ3n) is 3.01. The highest BCUT2D eigenvalue weighted by molar-refractivity contribution is 5.76. The van der Waals surface area contributed by atoms with E-state index in [-0.39, 0.29) is 30.2 Å². The number of rotatable bonds is 4. The van der Waals surface area contributed by atoms with Crippen LogP contribution in [-0.2, 0) is 9.53 Å². The molecule has 5 heteroatoms. The van der Waals surface area contributed by atoms with Crippen LogP contribution in [-0.4, -0.2) is 53.4 Å². The molecule has 2 unspecified atom stereocenters. The second-order valence-corrected chi connectivity index (χ2v) is 5.52. The van der Waals surface area contributed by atoms with Gasteiger partial charge < -0.3 is 20.5 Å². The fourth-order valence-corrected chi connectivity index (χ4v) is 1.85. The Balaban J connectivity index is 2.49. The Morgan fingerprint density at radius 1 is 1.59 bits per heavy atom. The molecule has 0 saturated carbocycles. The van der Waals surface area contributed by atoms with E-state index in [0.29, 0.717) is 26.0 Å². The molecule has 5 nitrogen and oxygen atoms in total. The highest BCUT2D eigenvalue weighted by Crippen LogP contribution is 2.15. The van der Waals surface area contributed by atoms with Crippen LogP contribution >= 0.6 is 0 Å². The number of nitrogens with zero attached hydrogens (tertiary/aromatic N) is 1. The van der Waals surface area contributed by atoms with Crippen LogP contribution in [0, 0.1) is 0 Å². The summed E-state index contributed by atoms with van der Waals surface area (Å²) in [7, 11) is 0. The zero-order valence-corrected chi connectivity index (χ0v) is 11.0. The highest BCUT2D eigenvalue weighted by atomic mass is 16.5. The molecular formula is C12H24N2O3. The van der Waals surface area contributed by atoms with Crippen molar-refractivity contribution in [3.63, 3.8) is 0 Å². The van der Waals surface area contributed by atoms with E-state index in [9.17, 15) is 4.79 Å². The molecule has 2 atom stereocenters. The predicted octanol–water partition coefficient (Wildman–Crippen LogP) is 0.112. The molecule has 0 radical (unpaired) electrons. The van der Waals surface area contributed by atoms with Crippen molar-refractivity contribution in [3.8, 4) is 0 Å². The van der Waals surface area contributed by atoms with Crippen LogP contribution in [0.3, 0.4) is 0 Å². The van der Waals surface area contributed by atoms with Gasteiger partial charge in [0, 0.05) is 18.5 Å². The molecule has 0 aromatic rings. The maximum absolute atomic E-state index is 12.0. The van der Waals surface area contributed by atoms with Gasteiger partial charge in [0.1, 0.15) is 0 Å². The molecular weight excluding hydrogens is 220 g/mol. The number of nitrogens with two attached hydrogens (primary N) is 1. The Morgan fingerprint density at radius 3 is 2.76 bits per heavy atom. The molecule has 1 fully saturated rings. The van der Waals surface area contributed by atoms with Gasteiger partial charge in [0.25, 0.3) is 0 Å². The number of aliphatic hydroxyl groups is 1. The summed E-state index contributed by atoms with van der Waals surface area (Å²) in [5.41, 5.74) is 5.55. The third-order valence-corrected chi connectivity index (χ3v) is 3.01. The Kier molecular flexibility index (Phi) is 4.91. The molecule has 17 heavy (non-hydrogen) atoms. The second-order valence-electron chi connectivity index (χ2n) is 5.52. The van der Waals surface area contributed by atoms with Crippen LogP contribution in [0.1, 0.15) is 33.6 Å². The summed E-state index contributed by atoms with van der Waals surface area (Å²) in [6.45, 7) is 6.71. The molecule has 1 heterocycles. The summed E-state index contributed by atoms with van der Waals surface area (Å²) in [6.07, 6.45) is 0.868. The predicted molar refractivity (Wildman–Crippen MR) is 65.5 cm³/mol. The minimum Gasteiger partial charge on any atom is -0.394 e. The summed E-state index contributed by atoms with van der Waals surface area (Å²) in [4.78, 5) is 13.8. The SMILES string of the molecule is CC1COC(CO)CN1C(=O)CCC(C)(C)N. The molecule has 0 bridgehead atoms. The molecule has 1 amide bonds. The third kappa shape index (κ3) is 4.61. The van der Waals surface area contributed by atoms with Gasteiger partial charge >= 0.3 is 0 Å². The fourth-order valence-electron chi connectivity index (χ4n) is 1.85. The van der Waals surface area contributed by atoms with Crippen LogP contribution in [0.15, 0.2) is 0 Å². The molecule has 0 aromatic carbocycles. The van der Waals surface area contributed by atoms with Gasteiger partial charge in [-0.25, -0.2) is 0 Å². The van der Waals surface area contributed by atoms with Crippen molar-refractivity contribution in [3.05, 3.63) is 0 Å². The smallest absolute Gasteiger partial charge is 0.223 e. The quantitative estimate of drug-likeness (QED) is 0.736. The summed E-state index contributed by atoms with van der Waals surface area (Å²) >= 11 is 0. The Labute approximate surface area is 103 Å². The molecule has 0 aromatic heterocycles. The monoisotopic (exact) mass is 244 g/mol. The van der Waals surface area contributed by atoms with Gasteiger partial charge in [-0.2, -0.15) is 0 Å². The van der Waals surface area contributed by atoms with Crippen molar-refractivity contribution >= 4 is 5.91 Å². The lowest BCUT2D eigenvalue weighted by Gasteiger charge is -2.37. The summed E-state index contributed by atoms with van der Waals surface area (Å²) in [5.74, 6) is 0.0952. The van der Waals surface area contributed by atoms with Gasteiger partial charge in [-0.1, -0.05) is 0 Å². The van der Waals surface area contributed by atoms with Crippen molar-refractivity contribution in [2.24, 2.45) is 5.73 Å². The van der Waals surface area contributed by atoms with E-state index in [2.05, 4.69) is 0 Å². The Bertz CT molecular complexity index is 263. The first-order valence-electron chi connectivity index (χ1n) is 6.14. The zero-order chi connectivity index (χ0) is 13.1. The average Bonchev–Trinajstić information content (AvgIpc) is 2.25. The van der Waals surface area contributed by atoms with Gasteiger partial charge in [0.15, 0.2) is 0 Å². The molecule has 3 N–H and O–H groups in total. The Hall–Kier alpha value is -0.650. The molecule has 1 saturated heterocycles.